The molecule has 0 unspecified atom stereocenters. The van der Waals surface area contributed by atoms with E-state index in [-0.39, 0.29) is 11.9 Å². The van der Waals surface area contributed by atoms with Crippen LogP contribution < -0.4 is 4.90 Å². The minimum atomic E-state index is -0.0600. The van der Waals surface area contributed by atoms with Gasteiger partial charge in [0.2, 0.25) is 0 Å². The molecule has 3 aromatic heterocycles. The SMILES string of the molecule is CCOC(=O)C1CCN(c2c3c(nc4cc(-c5nccn5C)nn24)CCCC3)CC1. The number of hydrogen-bond acceptors (Lipinski definition) is 6. The van der Waals surface area contributed by atoms with Gasteiger partial charge < -0.3 is 14.2 Å². The molecule has 4 heterocycles. The number of nitrogens with zero attached hydrogens (tertiary/aromatic N) is 6. The van der Waals surface area contributed by atoms with Crippen molar-refractivity contribution in [3.8, 4) is 11.5 Å². The second kappa shape index (κ2) is 7.74. The molecule has 0 atom stereocenters. The Hall–Kier alpha value is -2.90. The molecule has 1 fully saturated rings. The first kappa shape index (κ1) is 19.1. The van der Waals surface area contributed by atoms with Gasteiger partial charge in [0.1, 0.15) is 11.5 Å². The smallest absolute Gasteiger partial charge is 0.309 e. The molecule has 158 valence electrons. The fourth-order valence-corrected chi connectivity index (χ4v) is 4.76. The average molecular weight is 409 g/mol. The van der Waals surface area contributed by atoms with E-state index in [2.05, 4.69) is 9.88 Å². The highest BCUT2D eigenvalue weighted by atomic mass is 16.5. The van der Waals surface area contributed by atoms with Crippen LogP contribution in [0.1, 0.15) is 43.9 Å². The normalized spacial score (nSPS) is 17.3. The maximum absolute atomic E-state index is 12.2. The highest BCUT2D eigenvalue weighted by molar-refractivity contribution is 5.73. The lowest BCUT2D eigenvalue weighted by Crippen LogP contribution is -2.39. The Morgan fingerprint density at radius 3 is 2.77 bits per heavy atom. The molecular formula is C22H28N6O2. The van der Waals surface area contributed by atoms with Crippen molar-refractivity contribution in [1.82, 2.24) is 24.1 Å². The zero-order valence-electron chi connectivity index (χ0n) is 17.7. The van der Waals surface area contributed by atoms with Gasteiger partial charge in [-0.2, -0.15) is 9.61 Å². The maximum Gasteiger partial charge on any atom is 0.309 e. The number of ether oxygens (including phenoxy) is 1. The minimum Gasteiger partial charge on any atom is -0.466 e. The van der Waals surface area contributed by atoms with Gasteiger partial charge in [-0.05, 0) is 45.4 Å². The van der Waals surface area contributed by atoms with Crippen molar-refractivity contribution in [3.05, 3.63) is 29.7 Å². The van der Waals surface area contributed by atoms with Gasteiger partial charge in [0.05, 0.1) is 12.5 Å². The number of aryl methyl sites for hydroxylation is 2. The molecule has 2 aliphatic rings. The van der Waals surface area contributed by atoms with Crippen molar-refractivity contribution < 1.29 is 9.53 Å². The monoisotopic (exact) mass is 408 g/mol. The van der Waals surface area contributed by atoms with Crippen molar-refractivity contribution >= 4 is 17.4 Å². The lowest BCUT2D eigenvalue weighted by Gasteiger charge is -2.34. The number of anilines is 1. The summed E-state index contributed by atoms with van der Waals surface area (Å²) in [5.41, 5.74) is 4.22. The van der Waals surface area contributed by atoms with Gasteiger partial charge in [0.25, 0.3) is 0 Å². The van der Waals surface area contributed by atoms with E-state index < -0.39 is 0 Å². The molecule has 0 radical (unpaired) electrons. The van der Waals surface area contributed by atoms with E-state index in [1.54, 1.807) is 6.20 Å². The number of aromatic nitrogens is 5. The Kier molecular flexibility index (Phi) is 4.92. The van der Waals surface area contributed by atoms with Crippen LogP contribution in [0.15, 0.2) is 18.5 Å². The standard InChI is InChI=1S/C22H28N6O2/c1-3-30-22(29)15-8-11-27(12-9-15)21-16-6-4-5-7-17(16)24-19-14-18(25-28(19)21)20-23-10-13-26(20)2/h10,13-15H,3-9,11-12H2,1-2H3. The molecule has 1 saturated heterocycles. The Morgan fingerprint density at radius 1 is 1.23 bits per heavy atom. The van der Waals surface area contributed by atoms with E-state index >= 15 is 0 Å². The fourth-order valence-electron chi connectivity index (χ4n) is 4.76. The molecule has 0 bridgehead atoms. The van der Waals surface area contributed by atoms with Gasteiger partial charge in [-0.1, -0.05) is 0 Å². The number of fused-ring (bicyclic) bond motifs is 2. The third-order valence-corrected chi connectivity index (χ3v) is 6.31. The Labute approximate surface area is 175 Å². The number of carbonyl (C=O) groups excluding carboxylic acids is 1. The third kappa shape index (κ3) is 3.24. The van der Waals surface area contributed by atoms with Crippen LogP contribution in [-0.4, -0.2) is 49.8 Å². The van der Waals surface area contributed by atoms with E-state index in [0.29, 0.717) is 6.61 Å². The first-order chi connectivity index (χ1) is 14.7. The lowest BCUT2D eigenvalue weighted by molar-refractivity contribution is -0.148. The molecular weight excluding hydrogens is 380 g/mol. The van der Waals surface area contributed by atoms with Gasteiger partial charge in [-0.15, -0.1) is 0 Å². The van der Waals surface area contributed by atoms with Crippen molar-refractivity contribution in [2.45, 2.75) is 45.4 Å². The van der Waals surface area contributed by atoms with Crippen molar-refractivity contribution in [3.63, 3.8) is 0 Å². The number of hydrogen-bond donors (Lipinski definition) is 0. The fraction of sp³-hybridized carbons (Fsp3) is 0.545. The van der Waals surface area contributed by atoms with Crippen LogP contribution in [0.25, 0.3) is 17.2 Å². The van der Waals surface area contributed by atoms with E-state index in [1.165, 1.54) is 24.1 Å². The molecule has 8 nitrogen and oxygen atoms in total. The Morgan fingerprint density at radius 2 is 2.03 bits per heavy atom. The van der Waals surface area contributed by atoms with Crippen LogP contribution in [0.4, 0.5) is 5.82 Å². The average Bonchev–Trinajstić information content (AvgIpc) is 3.37. The predicted octanol–water partition coefficient (Wildman–Crippen LogP) is 2.79. The molecule has 0 spiro atoms. The number of piperidine rings is 1. The molecule has 1 aliphatic heterocycles. The molecule has 3 aromatic rings. The van der Waals surface area contributed by atoms with Crippen molar-refractivity contribution in [2.75, 3.05) is 24.6 Å². The summed E-state index contributed by atoms with van der Waals surface area (Å²) in [5.74, 6) is 1.92. The molecule has 0 amide bonds. The largest absolute Gasteiger partial charge is 0.466 e. The summed E-state index contributed by atoms with van der Waals surface area (Å²) >= 11 is 0. The first-order valence-electron chi connectivity index (χ1n) is 11.0. The highest BCUT2D eigenvalue weighted by Gasteiger charge is 2.30. The van der Waals surface area contributed by atoms with Crippen molar-refractivity contribution in [2.24, 2.45) is 13.0 Å². The molecule has 30 heavy (non-hydrogen) atoms. The highest BCUT2D eigenvalue weighted by Crippen LogP contribution is 2.34. The van der Waals surface area contributed by atoms with Crippen LogP contribution in [0.2, 0.25) is 0 Å². The third-order valence-electron chi connectivity index (χ3n) is 6.31. The van der Waals surface area contributed by atoms with E-state index in [0.717, 1.165) is 61.8 Å². The van der Waals surface area contributed by atoms with Crippen LogP contribution in [0.5, 0.6) is 0 Å². The summed E-state index contributed by atoms with van der Waals surface area (Å²) < 4.78 is 9.22. The summed E-state index contributed by atoms with van der Waals surface area (Å²) in [7, 11) is 1.98. The van der Waals surface area contributed by atoms with E-state index in [4.69, 9.17) is 14.8 Å². The molecule has 0 saturated carbocycles. The van der Waals surface area contributed by atoms with Gasteiger partial charge in [0, 0.05) is 49.9 Å². The second-order valence-corrected chi connectivity index (χ2v) is 8.24. The Balaban J connectivity index is 1.54. The van der Waals surface area contributed by atoms with Crippen LogP contribution in [0, 0.1) is 5.92 Å². The zero-order chi connectivity index (χ0) is 20.7. The summed E-state index contributed by atoms with van der Waals surface area (Å²) in [6.45, 7) is 3.96. The second-order valence-electron chi connectivity index (χ2n) is 8.24. The maximum atomic E-state index is 12.2. The first-order valence-corrected chi connectivity index (χ1v) is 11.0. The summed E-state index contributed by atoms with van der Waals surface area (Å²) in [6, 6.07) is 2.03. The van der Waals surface area contributed by atoms with Gasteiger partial charge in [-0.3, -0.25) is 4.79 Å². The molecule has 0 aromatic carbocycles. The molecule has 1 aliphatic carbocycles. The minimum absolute atomic E-state index is 0.00453. The summed E-state index contributed by atoms with van der Waals surface area (Å²) in [4.78, 5) is 24.0. The Bertz CT molecular complexity index is 1080. The molecule has 5 rings (SSSR count). The van der Waals surface area contributed by atoms with E-state index in [9.17, 15) is 4.79 Å². The summed E-state index contributed by atoms with van der Waals surface area (Å²) in [6.07, 6.45) is 9.75. The number of carbonyl (C=O) groups is 1. The zero-order valence-corrected chi connectivity index (χ0v) is 17.7. The molecule has 0 N–H and O–H groups in total. The topological polar surface area (TPSA) is 77.5 Å². The number of rotatable bonds is 4. The van der Waals surface area contributed by atoms with Gasteiger partial charge in [-0.25, -0.2) is 9.97 Å². The van der Waals surface area contributed by atoms with Crippen LogP contribution in [-0.2, 0) is 29.4 Å². The lowest BCUT2D eigenvalue weighted by atomic mass is 9.93. The number of esters is 1. The van der Waals surface area contributed by atoms with Crippen molar-refractivity contribution in [1.29, 1.82) is 0 Å². The van der Waals surface area contributed by atoms with Gasteiger partial charge in [0.15, 0.2) is 11.5 Å². The van der Waals surface area contributed by atoms with E-state index in [1.807, 2.05) is 35.3 Å². The summed E-state index contributed by atoms with van der Waals surface area (Å²) in [5, 5.41) is 4.92. The van der Waals surface area contributed by atoms with Gasteiger partial charge >= 0.3 is 5.97 Å². The van der Waals surface area contributed by atoms with Crippen LogP contribution >= 0.6 is 0 Å². The van der Waals surface area contributed by atoms with Crippen LogP contribution in [0.3, 0.4) is 0 Å². The molecule has 8 heteroatoms. The number of imidazole rings is 1. The predicted molar refractivity (Wildman–Crippen MR) is 113 cm³/mol. The quantitative estimate of drug-likeness (QED) is 0.618.